The van der Waals surface area contributed by atoms with E-state index in [1.165, 1.54) is 11.1 Å². The van der Waals surface area contributed by atoms with Crippen LogP contribution in [0.3, 0.4) is 0 Å². The summed E-state index contributed by atoms with van der Waals surface area (Å²) in [7, 11) is 1.62. The summed E-state index contributed by atoms with van der Waals surface area (Å²) in [6, 6.07) is 15.5. The fraction of sp³-hybridized carbons (Fsp3) is 0.440. The minimum absolute atomic E-state index is 0.0228. The number of rotatable bonds is 6. The summed E-state index contributed by atoms with van der Waals surface area (Å²) in [5.41, 5.74) is 3.29. The van der Waals surface area contributed by atoms with Gasteiger partial charge in [-0.2, -0.15) is 0 Å². The molecule has 2 aliphatic rings. The molecule has 2 aromatic rings. The highest BCUT2D eigenvalue weighted by Gasteiger charge is 2.28. The van der Waals surface area contributed by atoms with Gasteiger partial charge in [-0.3, -0.25) is 9.59 Å². The molecule has 6 nitrogen and oxygen atoms in total. The van der Waals surface area contributed by atoms with Crippen LogP contribution in [0.4, 0.5) is 5.69 Å². The van der Waals surface area contributed by atoms with E-state index in [1.807, 2.05) is 36.4 Å². The molecule has 3 N–H and O–H groups in total. The van der Waals surface area contributed by atoms with Crippen molar-refractivity contribution < 1.29 is 14.3 Å². The van der Waals surface area contributed by atoms with E-state index in [2.05, 4.69) is 28.1 Å². The molecule has 1 aliphatic heterocycles. The number of amides is 2. The second kappa shape index (κ2) is 9.96. The number of carbonyl (C=O) groups excluding carboxylic acids is 2. The van der Waals surface area contributed by atoms with E-state index in [0.29, 0.717) is 12.5 Å². The average Bonchev–Trinajstić information content (AvgIpc) is 2.82. The van der Waals surface area contributed by atoms with Gasteiger partial charge in [0.2, 0.25) is 11.8 Å². The van der Waals surface area contributed by atoms with Crippen molar-refractivity contribution in [3.05, 3.63) is 59.7 Å². The van der Waals surface area contributed by atoms with E-state index in [9.17, 15) is 9.59 Å². The number of nitrogens with one attached hydrogen (secondary N) is 3. The maximum atomic E-state index is 12.6. The average molecular weight is 422 g/mol. The van der Waals surface area contributed by atoms with Crippen LogP contribution in [0.15, 0.2) is 48.5 Å². The van der Waals surface area contributed by atoms with Crippen molar-refractivity contribution in [2.24, 2.45) is 11.8 Å². The minimum Gasteiger partial charge on any atom is -0.497 e. The van der Waals surface area contributed by atoms with Crippen molar-refractivity contribution in [3.8, 4) is 5.75 Å². The SMILES string of the molecule is COc1cccc(NC(=O)C2CCC(CNC(=O)[C@H]3Cc4ccccc4CN3)CC2)c1. The largest absolute Gasteiger partial charge is 0.497 e. The van der Waals surface area contributed by atoms with Gasteiger partial charge in [0.15, 0.2) is 0 Å². The third kappa shape index (κ3) is 5.44. The molecule has 0 saturated heterocycles. The molecule has 1 saturated carbocycles. The van der Waals surface area contributed by atoms with Gasteiger partial charge in [0, 0.05) is 30.8 Å². The molecule has 0 spiro atoms. The molecule has 1 atom stereocenters. The first-order valence-electron chi connectivity index (χ1n) is 11.1. The van der Waals surface area contributed by atoms with E-state index >= 15 is 0 Å². The number of benzene rings is 2. The molecule has 0 radical (unpaired) electrons. The van der Waals surface area contributed by atoms with Crippen molar-refractivity contribution in [1.29, 1.82) is 0 Å². The highest BCUT2D eigenvalue weighted by Crippen LogP contribution is 2.30. The van der Waals surface area contributed by atoms with Crippen LogP contribution in [0.5, 0.6) is 5.75 Å². The number of carbonyl (C=O) groups is 2. The molecule has 1 heterocycles. The van der Waals surface area contributed by atoms with Gasteiger partial charge in [0.1, 0.15) is 5.75 Å². The van der Waals surface area contributed by atoms with Crippen LogP contribution in [-0.2, 0) is 22.6 Å². The van der Waals surface area contributed by atoms with Crippen molar-refractivity contribution in [3.63, 3.8) is 0 Å². The maximum absolute atomic E-state index is 12.6. The summed E-state index contributed by atoms with van der Waals surface area (Å²) >= 11 is 0. The Kier molecular flexibility index (Phi) is 6.87. The van der Waals surface area contributed by atoms with Crippen molar-refractivity contribution in [2.45, 2.75) is 44.7 Å². The standard InChI is InChI=1S/C25H31N3O3/c1-31-22-8-4-7-21(14-22)28-24(29)18-11-9-17(10-12-18)15-27-25(30)23-13-19-5-2-3-6-20(19)16-26-23/h2-8,14,17-18,23,26H,9-13,15-16H2,1H3,(H,27,30)(H,28,29)/t17?,18?,23-/m1/s1. The first kappa shape index (κ1) is 21.4. The molecule has 31 heavy (non-hydrogen) atoms. The quantitative estimate of drug-likeness (QED) is 0.669. The lowest BCUT2D eigenvalue weighted by molar-refractivity contribution is -0.124. The molecule has 1 aliphatic carbocycles. The van der Waals surface area contributed by atoms with Gasteiger partial charge < -0.3 is 20.7 Å². The van der Waals surface area contributed by atoms with Crippen LogP contribution >= 0.6 is 0 Å². The molecule has 4 rings (SSSR count). The Hall–Kier alpha value is -2.86. The summed E-state index contributed by atoms with van der Waals surface area (Å²) in [6.07, 6.45) is 4.35. The van der Waals surface area contributed by atoms with Crippen LogP contribution in [-0.4, -0.2) is 31.5 Å². The topological polar surface area (TPSA) is 79.5 Å². The Labute approximate surface area is 183 Å². The molecule has 0 unspecified atom stereocenters. The summed E-state index contributed by atoms with van der Waals surface area (Å²) in [5, 5.41) is 9.48. The Morgan fingerprint density at radius 1 is 1.00 bits per heavy atom. The highest BCUT2D eigenvalue weighted by atomic mass is 16.5. The molecular weight excluding hydrogens is 390 g/mol. The van der Waals surface area contributed by atoms with Crippen molar-refractivity contribution in [1.82, 2.24) is 10.6 Å². The Morgan fingerprint density at radius 2 is 1.77 bits per heavy atom. The van der Waals surface area contributed by atoms with Gasteiger partial charge in [0.05, 0.1) is 13.2 Å². The predicted molar refractivity (Wildman–Crippen MR) is 121 cm³/mol. The second-order valence-electron chi connectivity index (χ2n) is 8.59. The van der Waals surface area contributed by atoms with Crippen molar-refractivity contribution >= 4 is 17.5 Å². The summed E-state index contributed by atoms with van der Waals surface area (Å²) in [4.78, 5) is 25.2. The first-order chi connectivity index (χ1) is 15.1. The fourth-order valence-corrected chi connectivity index (χ4v) is 4.58. The van der Waals surface area contributed by atoms with Gasteiger partial charge in [-0.15, -0.1) is 0 Å². The Balaban J connectivity index is 1.20. The summed E-state index contributed by atoms with van der Waals surface area (Å²) in [6.45, 7) is 1.42. The zero-order valence-electron chi connectivity index (χ0n) is 18.0. The number of ether oxygens (including phenoxy) is 1. The van der Waals surface area contributed by atoms with E-state index in [-0.39, 0.29) is 23.8 Å². The second-order valence-corrected chi connectivity index (χ2v) is 8.59. The smallest absolute Gasteiger partial charge is 0.237 e. The number of hydrogen-bond donors (Lipinski definition) is 3. The normalized spacial score (nSPS) is 22.8. The van der Waals surface area contributed by atoms with Gasteiger partial charge in [-0.1, -0.05) is 30.3 Å². The zero-order chi connectivity index (χ0) is 21.6. The highest BCUT2D eigenvalue weighted by molar-refractivity contribution is 5.92. The van der Waals surface area contributed by atoms with Gasteiger partial charge in [-0.25, -0.2) is 0 Å². The third-order valence-corrected chi connectivity index (χ3v) is 6.52. The number of anilines is 1. The number of methoxy groups -OCH3 is 1. The van der Waals surface area contributed by atoms with Crippen molar-refractivity contribution in [2.75, 3.05) is 19.0 Å². The molecular formula is C25H31N3O3. The fourth-order valence-electron chi connectivity index (χ4n) is 4.58. The van der Waals surface area contributed by atoms with E-state index < -0.39 is 0 Å². The Bertz CT molecular complexity index is 922. The summed E-state index contributed by atoms with van der Waals surface area (Å²) < 4.78 is 5.21. The summed E-state index contributed by atoms with van der Waals surface area (Å²) in [5.74, 6) is 1.33. The molecule has 2 amide bonds. The molecule has 6 heteroatoms. The van der Waals surface area contributed by atoms with Crippen LogP contribution < -0.4 is 20.7 Å². The zero-order valence-corrected chi connectivity index (χ0v) is 18.0. The Morgan fingerprint density at radius 3 is 2.55 bits per heavy atom. The van der Waals surface area contributed by atoms with Gasteiger partial charge >= 0.3 is 0 Å². The van der Waals surface area contributed by atoms with Gasteiger partial charge in [0.25, 0.3) is 0 Å². The lowest BCUT2D eigenvalue weighted by atomic mass is 9.81. The third-order valence-electron chi connectivity index (χ3n) is 6.52. The number of fused-ring (bicyclic) bond motifs is 1. The lowest BCUT2D eigenvalue weighted by Crippen LogP contribution is -2.48. The van der Waals surface area contributed by atoms with Crippen LogP contribution in [0.2, 0.25) is 0 Å². The van der Waals surface area contributed by atoms with E-state index in [4.69, 9.17) is 4.74 Å². The van der Waals surface area contributed by atoms with E-state index in [0.717, 1.165) is 50.1 Å². The van der Waals surface area contributed by atoms with E-state index in [1.54, 1.807) is 7.11 Å². The molecule has 2 aromatic carbocycles. The first-order valence-corrected chi connectivity index (χ1v) is 11.1. The lowest BCUT2D eigenvalue weighted by Gasteiger charge is -2.29. The molecule has 1 fully saturated rings. The molecule has 0 aromatic heterocycles. The maximum Gasteiger partial charge on any atom is 0.237 e. The van der Waals surface area contributed by atoms with Crippen LogP contribution in [0.1, 0.15) is 36.8 Å². The number of hydrogen-bond acceptors (Lipinski definition) is 4. The van der Waals surface area contributed by atoms with Gasteiger partial charge in [-0.05, 0) is 61.3 Å². The van der Waals surface area contributed by atoms with Crippen LogP contribution in [0, 0.1) is 11.8 Å². The predicted octanol–water partition coefficient (Wildman–Crippen LogP) is 3.27. The monoisotopic (exact) mass is 421 g/mol. The minimum atomic E-state index is -0.167. The van der Waals surface area contributed by atoms with Crippen LogP contribution in [0.25, 0.3) is 0 Å². The molecule has 164 valence electrons. The molecule has 0 bridgehead atoms.